The number of fused-ring (bicyclic) bond motifs is 1. The molecule has 3 rings (SSSR count). The number of benzene rings is 1. The van der Waals surface area contributed by atoms with E-state index in [9.17, 15) is 8.42 Å². The zero-order valence-corrected chi connectivity index (χ0v) is 11.6. The molecule has 0 saturated heterocycles. The fourth-order valence-corrected chi connectivity index (χ4v) is 5.50. The highest BCUT2D eigenvalue weighted by Gasteiger charge is 2.48. The second kappa shape index (κ2) is 4.14. The maximum absolute atomic E-state index is 12.8. The first-order valence-corrected chi connectivity index (χ1v) is 8.19. The highest BCUT2D eigenvalue weighted by atomic mass is 35.5. The van der Waals surface area contributed by atoms with Gasteiger partial charge < -0.3 is 5.32 Å². The van der Waals surface area contributed by atoms with E-state index in [1.807, 2.05) is 0 Å². The third-order valence-corrected chi connectivity index (χ3v) is 7.03. The molecule has 2 aliphatic rings. The number of nitrogens with one attached hydrogen (secondary N) is 1. The van der Waals surface area contributed by atoms with Crippen LogP contribution >= 0.6 is 11.6 Å². The lowest BCUT2D eigenvalue weighted by atomic mass is 9.88. The molecule has 0 radical (unpaired) electrons. The van der Waals surface area contributed by atoms with Crippen molar-refractivity contribution in [3.8, 4) is 0 Å². The van der Waals surface area contributed by atoms with Gasteiger partial charge >= 0.3 is 0 Å². The first-order valence-electron chi connectivity index (χ1n) is 6.33. The Balaban J connectivity index is 2.13. The van der Waals surface area contributed by atoms with Crippen LogP contribution < -0.4 is 5.32 Å². The summed E-state index contributed by atoms with van der Waals surface area (Å²) in [4.78, 5) is 0.417. The van der Waals surface area contributed by atoms with Crippen LogP contribution in [0.4, 0.5) is 5.69 Å². The molecule has 1 aliphatic heterocycles. The van der Waals surface area contributed by atoms with Gasteiger partial charge in [-0.3, -0.25) is 0 Å². The van der Waals surface area contributed by atoms with Crippen LogP contribution in [0.15, 0.2) is 23.1 Å². The van der Waals surface area contributed by atoms with Gasteiger partial charge in [0.15, 0.2) is 9.84 Å². The van der Waals surface area contributed by atoms with Gasteiger partial charge in [-0.1, -0.05) is 30.9 Å². The van der Waals surface area contributed by atoms with E-state index >= 15 is 0 Å². The Labute approximate surface area is 112 Å². The molecule has 0 amide bonds. The molecule has 1 spiro atoms. The molecule has 3 nitrogen and oxygen atoms in total. The molecule has 0 unspecified atom stereocenters. The van der Waals surface area contributed by atoms with Gasteiger partial charge in [0.1, 0.15) is 0 Å². The summed E-state index contributed by atoms with van der Waals surface area (Å²) in [5.74, 6) is 0. The fraction of sp³-hybridized carbons (Fsp3) is 0.538. The van der Waals surface area contributed by atoms with Crippen LogP contribution in [0.3, 0.4) is 0 Å². The van der Waals surface area contributed by atoms with E-state index in [-0.39, 0.29) is 0 Å². The molecule has 1 N–H and O–H groups in total. The second-order valence-corrected chi connectivity index (χ2v) is 7.99. The number of hydrogen-bond donors (Lipinski definition) is 1. The molecule has 1 aromatic carbocycles. The summed E-state index contributed by atoms with van der Waals surface area (Å²) >= 11 is 5.91. The van der Waals surface area contributed by atoms with Crippen LogP contribution in [-0.4, -0.2) is 19.7 Å². The van der Waals surface area contributed by atoms with Crippen LogP contribution in [-0.2, 0) is 9.84 Å². The van der Waals surface area contributed by atoms with E-state index in [0.29, 0.717) is 22.2 Å². The monoisotopic (exact) mass is 285 g/mol. The Hall–Kier alpha value is -0.740. The van der Waals surface area contributed by atoms with E-state index in [1.165, 1.54) is 0 Å². The van der Waals surface area contributed by atoms with Gasteiger partial charge in [-0.15, -0.1) is 0 Å². The number of sulfone groups is 1. The number of rotatable bonds is 0. The van der Waals surface area contributed by atoms with E-state index < -0.39 is 14.6 Å². The average Bonchev–Trinajstić information content (AvgIpc) is 2.36. The maximum Gasteiger partial charge on any atom is 0.187 e. The molecular formula is C13H16ClNO2S. The van der Waals surface area contributed by atoms with Gasteiger partial charge in [0, 0.05) is 11.6 Å². The first kappa shape index (κ1) is 12.3. The number of anilines is 1. The van der Waals surface area contributed by atoms with Crippen LogP contribution in [0.25, 0.3) is 0 Å². The first-order chi connectivity index (χ1) is 8.55. The predicted molar refractivity (Wildman–Crippen MR) is 72.9 cm³/mol. The normalized spacial score (nSPS) is 24.3. The predicted octanol–water partition coefficient (Wildman–Crippen LogP) is 3.24. The topological polar surface area (TPSA) is 46.2 Å². The van der Waals surface area contributed by atoms with Gasteiger partial charge in [0.05, 0.1) is 15.3 Å². The lowest BCUT2D eigenvalue weighted by molar-refractivity contribution is 0.381. The minimum Gasteiger partial charge on any atom is -0.382 e. The van der Waals surface area contributed by atoms with Crippen molar-refractivity contribution >= 4 is 27.1 Å². The zero-order valence-electron chi connectivity index (χ0n) is 10.1. The molecule has 5 heteroatoms. The summed E-state index contributed by atoms with van der Waals surface area (Å²) in [6.07, 6.45) is 4.69. The molecular weight excluding hydrogens is 270 g/mol. The van der Waals surface area contributed by atoms with Crippen molar-refractivity contribution in [1.29, 1.82) is 0 Å². The molecule has 0 bridgehead atoms. The molecule has 98 valence electrons. The van der Waals surface area contributed by atoms with E-state index in [1.54, 1.807) is 18.2 Å². The Morgan fingerprint density at radius 3 is 2.61 bits per heavy atom. The third-order valence-electron chi connectivity index (χ3n) is 4.17. The Morgan fingerprint density at radius 1 is 1.17 bits per heavy atom. The van der Waals surface area contributed by atoms with Crippen molar-refractivity contribution in [2.24, 2.45) is 0 Å². The zero-order chi connectivity index (χ0) is 12.8. The van der Waals surface area contributed by atoms with Gasteiger partial charge in [-0.2, -0.15) is 0 Å². The molecule has 1 saturated carbocycles. The quantitative estimate of drug-likeness (QED) is 0.796. The Morgan fingerprint density at radius 2 is 1.89 bits per heavy atom. The van der Waals surface area contributed by atoms with E-state index in [4.69, 9.17) is 11.6 Å². The SMILES string of the molecule is O=S1(=O)c2ccc(Cl)cc2NCC12CCCCC2. The molecule has 0 aromatic heterocycles. The van der Waals surface area contributed by atoms with Crippen molar-refractivity contribution in [2.75, 3.05) is 11.9 Å². The van der Waals surface area contributed by atoms with Crippen LogP contribution in [0.5, 0.6) is 0 Å². The highest BCUT2D eigenvalue weighted by molar-refractivity contribution is 7.93. The van der Waals surface area contributed by atoms with Crippen LogP contribution in [0, 0.1) is 0 Å². The van der Waals surface area contributed by atoms with Crippen LogP contribution in [0.1, 0.15) is 32.1 Å². The molecule has 1 heterocycles. The third kappa shape index (κ3) is 1.66. The summed E-state index contributed by atoms with van der Waals surface area (Å²) in [6.45, 7) is 0.517. The van der Waals surface area contributed by atoms with E-state index in [2.05, 4.69) is 5.32 Å². The van der Waals surface area contributed by atoms with Gasteiger partial charge in [0.2, 0.25) is 0 Å². The Kier molecular flexibility index (Phi) is 2.83. The average molecular weight is 286 g/mol. The van der Waals surface area contributed by atoms with Crippen molar-refractivity contribution in [3.63, 3.8) is 0 Å². The Bertz CT molecular complexity index is 577. The van der Waals surface area contributed by atoms with Gasteiger partial charge in [-0.05, 0) is 31.0 Å². The van der Waals surface area contributed by atoms with Gasteiger partial charge in [0.25, 0.3) is 0 Å². The molecule has 18 heavy (non-hydrogen) atoms. The maximum atomic E-state index is 12.8. The fourth-order valence-electron chi connectivity index (χ4n) is 3.10. The molecule has 1 aliphatic carbocycles. The summed E-state index contributed by atoms with van der Waals surface area (Å²) in [5, 5.41) is 3.82. The molecule has 0 atom stereocenters. The summed E-state index contributed by atoms with van der Waals surface area (Å²) in [5.41, 5.74) is 0.652. The smallest absolute Gasteiger partial charge is 0.187 e. The standard InChI is InChI=1S/C13H16ClNO2S/c14-10-4-5-12-11(8-10)15-9-13(18(12,16)17)6-2-1-3-7-13/h4-5,8,15H,1-3,6-7,9H2. The van der Waals surface area contributed by atoms with Gasteiger partial charge in [-0.25, -0.2) is 8.42 Å². The number of halogens is 1. The van der Waals surface area contributed by atoms with E-state index in [0.717, 1.165) is 32.1 Å². The minimum absolute atomic E-state index is 0.417. The molecule has 1 fully saturated rings. The van der Waals surface area contributed by atoms with Crippen molar-refractivity contribution < 1.29 is 8.42 Å². The largest absolute Gasteiger partial charge is 0.382 e. The summed E-state index contributed by atoms with van der Waals surface area (Å²) in [7, 11) is -3.24. The second-order valence-electron chi connectivity index (χ2n) is 5.24. The summed E-state index contributed by atoms with van der Waals surface area (Å²) in [6, 6.07) is 4.99. The minimum atomic E-state index is -3.24. The van der Waals surface area contributed by atoms with Crippen molar-refractivity contribution in [2.45, 2.75) is 41.7 Å². The van der Waals surface area contributed by atoms with Crippen molar-refractivity contribution in [1.82, 2.24) is 0 Å². The van der Waals surface area contributed by atoms with Crippen molar-refractivity contribution in [3.05, 3.63) is 23.2 Å². The lowest BCUT2D eigenvalue weighted by Crippen LogP contribution is -2.49. The lowest BCUT2D eigenvalue weighted by Gasteiger charge is -2.40. The number of hydrogen-bond acceptors (Lipinski definition) is 3. The van der Waals surface area contributed by atoms with Crippen LogP contribution in [0.2, 0.25) is 5.02 Å². The molecule has 1 aromatic rings. The highest BCUT2D eigenvalue weighted by Crippen LogP contribution is 2.44. The summed E-state index contributed by atoms with van der Waals surface area (Å²) < 4.78 is 25.0.